The zero-order valence-corrected chi connectivity index (χ0v) is 13.0. The molecule has 0 radical (unpaired) electrons. The molecular formula is C14H12N4O7. The Balaban J connectivity index is 2.40. The number of nitrogens with zero attached hydrogens (tertiary/aromatic N) is 3. The van der Waals surface area contributed by atoms with E-state index in [1.54, 1.807) is 0 Å². The molecule has 1 aromatic heterocycles. The molecule has 11 heteroatoms. The molecule has 25 heavy (non-hydrogen) atoms. The van der Waals surface area contributed by atoms with Gasteiger partial charge in [0, 0.05) is 12.1 Å². The second-order valence-electron chi connectivity index (χ2n) is 4.93. The van der Waals surface area contributed by atoms with Gasteiger partial charge in [-0.15, -0.1) is 0 Å². The molecule has 130 valence electrons. The van der Waals surface area contributed by atoms with E-state index in [1.807, 2.05) is 0 Å². The van der Waals surface area contributed by atoms with Crippen molar-refractivity contribution in [2.45, 2.75) is 13.8 Å². The fourth-order valence-electron chi connectivity index (χ4n) is 2.01. The van der Waals surface area contributed by atoms with E-state index < -0.39 is 26.8 Å². The number of anilines is 1. The topological polar surface area (TPSA) is 161 Å². The monoisotopic (exact) mass is 348 g/mol. The van der Waals surface area contributed by atoms with Crippen molar-refractivity contribution in [1.82, 2.24) is 0 Å². The van der Waals surface area contributed by atoms with Crippen LogP contribution in [0.1, 0.15) is 18.2 Å². The summed E-state index contributed by atoms with van der Waals surface area (Å²) in [5.74, 6) is -0.145. The highest BCUT2D eigenvalue weighted by molar-refractivity contribution is 6.01. The molecule has 2 aromatic rings. The normalized spacial score (nSPS) is 11.2. The highest BCUT2D eigenvalue weighted by Crippen LogP contribution is 2.29. The molecule has 0 saturated heterocycles. The molecule has 0 amide bonds. The number of aromatic hydroxyl groups is 1. The van der Waals surface area contributed by atoms with Crippen LogP contribution in [-0.4, -0.2) is 20.7 Å². The molecule has 2 rings (SSSR count). The number of nitro benzene ring substituents is 2. The molecule has 0 aliphatic heterocycles. The van der Waals surface area contributed by atoms with Crippen LogP contribution < -0.4 is 11.1 Å². The van der Waals surface area contributed by atoms with E-state index in [0.29, 0.717) is 0 Å². The summed E-state index contributed by atoms with van der Waals surface area (Å²) in [6, 6.07) is 4.19. The number of aryl methyl sites for hydroxylation is 1. The summed E-state index contributed by atoms with van der Waals surface area (Å²) in [4.78, 5) is 32.0. The summed E-state index contributed by atoms with van der Waals surface area (Å²) in [5.41, 5.74) is 0.214. The van der Waals surface area contributed by atoms with Crippen LogP contribution >= 0.6 is 0 Å². The Morgan fingerprint density at radius 3 is 2.48 bits per heavy atom. The Labute approximate surface area is 139 Å². The summed E-state index contributed by atoms with van der Waals surface area (Å²) >= 11 is 0. The van der Waals surface area contributed by atoms with Gasteiger partial charge in [-0.25, -0.2) is 4.79 Å². The first-order chi connectivity index (χ1) is 11.7. The van der Waals surface area contributed by atoms with Crippen LogP contribution in [0.15, 0.2) is 38.6 Å². The number of benzene rings is 1. The van der Waals surface area contributed by atoms with Crippen LogP contribution in [0.25, 0.3) is 0 Å². The van der Waals surface area contributed by atoms with E-state index in [1.165, 1.54) is 19.9 Å². The van der Waals surface area contributed by atoms with Crippen LogP contribution in [-0.2, 0) is 0 Å². The average molecular weight is 348 g/mol. The SMILES string of the molecule is C/C(=N\Nc1ccc([N+](=O)[O-])cc1[N+](=O)[O-])c1c(O)cc(C)oc1=O. The minimum Gasteiger partial charge on any atom is -0.507 e. The van der Waals surface area contributed by atoms with Crippen LogP contribution in [0.3, 0.4) is 0 Å². The van der Waals surface area contributed by atoms with Gasteiger partial charge in [0.15, 0.2) is 0 Å². The lowest BCUT2D eigenvalue weighted by Gasteiger charge is -2.05. The first-order valence-electron chi connectivity index (χ1n) is 6.78. The van der Waals surface area contributed by atoms with E-state index in [-0.39, 0.29) is 28.5 Å². The van der Waals surface area contributed by atoms with Gasteiger partial charge in [-0.1, -0.05) is 0 Å². The van der Waals surface area contributed by atoms with Gasteiger partial charge in [0.1, 0.15) is 22.8 Å². The summed E-state index contributed by atoms with van der Waals surface area (Å²) in [6.45, 7) is 2.86. The molecule has 0 atom stereocenters. The van der Waals surface area contributed by atoms with Crippen molar-refractivity contribution in [3.8, 4) is 5.75 Å². The molecule has 1 heterocycles. The van der Waals surface area contributed by atoms with E-state index >= 15 is 0 Å². The maximum absolute atomic E-state index is 11.8. The molecule has 0 spiro atoms. The van der Waals surface area contributed by atoms with Crippen LogP contribution in [0.4, 0.5) is 17.1 Å². The number of hydrogen-bond acceptors (Lipinski definition) is 9. The highest BCUT2D eigenvalue weighted by atomic mass is 16.6. The predicted molar refractivity (Wildman–Crippen MR) is 87.0 cm³/mol. The summed E-state index contributed by atoms with van der Waals surface area (Å²) in [5, 5.41) is 35.4. The number of rotatable bonds is 5. The third-order valence-electron chi connectivity index (χ3n) is 3.15. The Bertz CT molecular complexity index is 949. The number of hydrogen-bond donors (Lipinski definition) is 2. The van der Waals surface area contributed by atoms with Crippen LogP contribution in [0, 0.1) is 27.2 Å². The summed E-state index contributed by atoms with van der Waals surface area (Å²) in [6.07, 6.45) is 0. The molecule has 0 aliphatic rings. The molecule has 2 N–H and O–H groups in total. The molecule has 0 fully saturated rings. The third kappa shape index (κ3) is 3.77. The maximum Gasteiger partial charge on any atom is 0.348 e. The van der Waals surface area contributed by atoms with Gasteiger partial charge < -0.3 is 9.52 Å². The van der Waals surface area contributed by atoms with Crippen molar-refractivity contribution in [1.29, 1.82) is 0 Å². The fourth-order valence-corrected chi connectivity index (χ4v) is 2.01. The largest absolute Gasteiger partial charge is 0.507 e. The molecule has 1 aromatic carbocycles. The van der Waals surface area contributed by atoms with Crippen LogP contribution in [0.2, 0.25) is 0 Å². The maximum atomic E-state index is 11.8. The van der Waals surface area contributed by atoms with Gasteiger partial charge in [0.05, 0.1) is 21.6 Å². The fraction of sp³-hybridized carbons (Fsp3) is 0.143. The van der Waals surface area contributed by atoms with Gasteiger partial charge >= 0.3 is 11.3 Å². The predicted octanol–water partition coefficient (Wildman–Crippen LogP) is 2.31. The minimum absolute atomic E-state index is 0.0129. The lowest BCUT2D eigenvalue weighted by atomic mass is 10.2. The second kappa shape index (κ2) is 6.78. The molecule has 0 aliphatic carbocycles. The quantitative estimate of drug-likeness (QED) is 0.472. The van der Waals surface area contributed by atoms with E-state index in [0.717, 1.165) is 18.2 Å². The number of nitrogens with one attached hydrogen (secondary N) is 1. The van der Waals surface area contributed by atoms with E-state index in [2.05, 4.69) is 10.5 Å². The van der Waals surface area contributed by atoms with Gasteiger partial charge in [-0.2, -0.15) is 5.10 Å². The van der Waals surface area contributed by atoms with Crippen molar-refractivity contribution in [2.24, 2.45) is 5.10 Å². The first kappa shape index (κ1) is 17.6. The molecule has 0 unspecified atom stereocenters. The van der Waals surface area contributed by atoms with Gasteiger partial charge in [0.2, 0.25) is 0 Å². The Kier molecular flexibility index (Phi) is 4.77. The Morgan fingerprint density at radius 2 is 1.92 bits per heavy atom. The van der Waals surface area contributed by atoms with Gasteiger partial charge in [0.25, 0.3) is 5.69 Å². The smallest absolute Gasteiger partial charge is 0.348 e. The average Bonchev–Trinajstić information content (AvgIpc) is 2.51. The lowest BCUT2D eigenvalue weighted by Crippen LogP contribution is -2.14. The van der Waals surface area contributed by atoms with Gasteiger partial charge in [-0.3, -0.25) is 25.7 Å². The number of nitro groups is 2. The highest BCUT2D eigenvalue weighted by Gasteiger charge is 2.20. The number of non-ortho nitro benzene ring substituents is 1. The van der Waals surface area contributed by atoms with Gasteiger partial charge in [-0.05, 0) is 19.9 Å². The minimum atomic E-state index is -0.821. The zero-order chi connectivity index (χ0) is 18.7. The van der Waals surface area contributed by atoms with Crippen LogP contribution in [0.5, 0.6) is 5.75 Å². The lowest BCUT2D eigenvalue weighted by molar-refractivity contribution is -0.393. The van der Waals surface area contributed by atoms with Crippen molar-refractivity contribution >= 4 is 22.8 Å². The van der Waals surface area contributed by atoms with Crippen molar-refractivity contribution in [2.75, 3.05) is 5.43 Å². The standard InChI is InChI=1S/C14H12N4O7/c1-7-5-12(19)13(14(20)25-7)8(2)15-16-10-4-3-9(17(21)22)6-11(10)18(23)24/h3-6,16,19H,1-2H3/b15-8+. The summed E-state index contributed by atoms with van der Waals surface area (Å²) in [7, 11) is 0. The molecule has 0 saturated carbocycles. The number of hydrazone groups is 1. The van der Waals surface area contributed by atoms with Crippen molar-refractivity contribution in [3.63, 3.8) is 0 Å². The van der Waals surface area contributed by atoms with Crippen molar-refractivity contribution < 1.29 is 19.4 Å². The Morgan fingerprint density at radius 1 is 1.24 bits per heavy atom. The summed E-state index contributed by atoms with van der Waals surface area (Å²) < 4.78 is 4.86. The van der Waals surface area contributed by atoms with Crippen molar-refractivity contribution in [3.05, 3.63) is 66.2 Å². The van der Waals surface area contributed by atoms with E-state index in [4.69, 9.17) is 4.42 Å². The molecule has 0 bridgehead atoms. The van der Waals surface area contributed by atoms with E-state index in [9.17, 15) is 30.1 Å². The zero-order valence-electron chi connectivity index (χ0n) is 13.0. The Hall–Kier alpha value is -3.76. The molecular weight excluding hydrogens is 336 g/mol. The third-order valence-corrected chi connectivity index (χ3v) is 3.15. The second-order valence-corrected chi connectivity index (χ2v) is 4.93. The molecule has 11 nitrogen and oxygen atoms in total. The first-order valence-corrected chi connectivity index (χ1v) is 6.78.